The molecular formula is C2H3NO3. The lowest BCUT2D eigenvalue weighted by molar-refractivity contribution is 0.0422. The van der Waals surface area contributed by atoms with Crippen molar-refractivity contribution in [1.82, 2.24) is 5.48 Å². The molecule has 0 aromatic carbocycles. The van der Waals surface area contributed by atoms with Crippen molar-refractivity contribution in [3.63, 3.8) is 0 Å². The summed E-state index contributed by atoms with van der Waals surface area (Å²) in [6, 6.07) is 0. The maximum absolute atomic E-state index is 9.78. The van der Waals surface area contributed by atoms with Crippen LogP contribution < -0.4 is 5.48 Å². The van der Waals surface area contributed by atoms with Gasteiger partial charge in [0.1, 0.15) is 0 Å². The van der Waals surface area contributed by atoms with Crippen LogP contribution >= 0.6 is 0 Å². The van der Waals surface area contributed by atoms with Crippen LogP contribution in [0, 0.1) is 0 Å². The Bertz CT molecular complexity index is 63.2. The SMILES string of the molecule is O=C1NOCO1. The minimum atomic E-state index is -0.519. The summed E-state index contributed by atoms with van der Waals surface area (Å²) in [5.41, 5.74) is 1.96. The predicted octanol–water partition coefficient (Wildman–Crippen LogP) is -0.385. The first-order chi connectivity index (χ1) is 2.89. The zero-order chi connectivity index (χ0) is 4.41. The van der Waals surface area contributed by atoms with E-state index < -0.39 is 6.09 Å². The Labute approximate surface area is 34.0 Å². The molecule has 0 bridgehead atoms. The molecule has 4 nitrogen and oxygen atoms in total. The maximum atomic E-state index is 9.78. The molecule has 0 aromatic rings. The number of amides is 1. The molecule has 0 radical (unpaired) electrons. The average molecular weight is 89.0 g/mol. The van der Waals surface area contributed by atoms with Gasteiger partial charge in [-0.25, -0.2) is 9.63 Å². The molecular weight excluding hydrogens is 86.0 g/mol. The van der Waals surface area contributed by atoms with E-state index in [0.717, 1.165) is 0 Å². The third kappa shape index (κ3) is 0.414. The second kappa shape index (κ2) is 1.14. The number of rotatable bonds is 0. The minimum Gasteiger partial charge on any atom is -0.419 e. The monoisotopic (exact) mass is 89.0 g/mol. The van der Waals surface area contributed by atoms with Gasteiger partial charge in [-0.3, -0.25) is 0 Å². The molecule has 0 saturated carbocycles. The van der Waals surface area contributed by atoms with E-state index in [0.29, 0.717) is 0 Å². The fourth-order valence-electron chi connectivity index (χ4n) is 0.201. The van der Waals surface area contributed by atoms with Crippen molar-refractivity contribution < 1.29 is 14.4 Å². The summed E-state index contributed by atoms with van der Waals surface area (Å²) < 4.78 is 4.18. The summed E-state index contributed by atoms with van der Waals surface area (Å²) >= 11 is 0. The van der Waals surface area contributed by atoms with Gasteiger partial charge in [-0.05, 0) is 0 Å². The fourth-order valence-corrected chi connectivity index (χ4v) is 0.201. The van der Waals surface area contributed by atoms with Crippen molar-refractivity contribution in [2.45, 2.75) is 0 Å². The molecule has 1 N–H and O–H groups in total. The second-order valence-electron chi connectivity index (χ2n) is 0.796. The molecule has 0 spiro atoms. The quantitative estimate of drug-likeness (QED) is 0.440. The molecule has 4 heteroatoms. The minimum absolute atomic E-state index is 0.0266. The standard InChI is InChI=1S/C2H3NO3/c4-2-3-6-1-5-2/h1H2,(H,3,4). The smallest absolute Gasteiger partial charge is 0.419 e. The Balaban J connectivity index is 2.37. The first-order valence-electron chi connectivity index (χ1n) is 1.44. The van der Waals surface area contributed by atoms with Crippen LogP contribution in [0.5, 0.6) is 0 Å². The highest BCUT2D eigenvalue weighted by Crippen LogP contribution is 1.84. The zero-order valence-corrected chi connectivity index (χ0v) is 2.93. The van der Waals surface area contributed by atoms with Crippen molar-refractivity contribution in [2.75, 3.05) is 6.79 Å². The number of hydrogen-bond donors (Lipinski definition) is 1. The highest BCUT2D eigenvalue weighted by atomic mass is 16.8. The van der Waals surface area contributed by atoms with Crippen molar-refractivity contribution in [2.24, 2.45) is 0 Å². The normalized spacial score (nSPS) is 19.7. The van der Waals surface area contributed by atoms with E-state index in [1.807, 2.05) is 5.48 Å². The van der Waals surface area contributed by atoms with Crippen molar-refractivity contribution in [3.8, 4) is 0 Å². The molecule has 1 aliphatic rings. The van der Waals surface area contributed by atoms with Gasteiger partial charge in [-0.1, -0.05) is 0 Å². The lowest BCUT2D eigenvalue weighted by atomic mass is 11.3. The number of carbonyl (C=O) groups is 1. The third-order valence-corrected chi connectivity index (χ3v) is 0.404. The van der Waals surface area contributed by atoms with Crippen LogP contribution in [0.15, 0.2) is 0 Å². The summed E-state index contributed by atoms with van der Waals surface area (Å²) in [5.74, 6) is 0. The van der Waals surface area contributed by atoms with E-state index in [1.165, 1.54) is 0 Å². The fraction of sp³-hybridized carbons (Fsp3) is 0.500. The Morgan fingerprint density at radius 3 is 2.83 bits per heavy atom. The van der Waals surface area contributed by atoms with Gasteiger partial charge in [0.05, 0.1) is 0 Å². The number of hydroxylamine groups is 1. The third-order valence-electron chi connectivity index (χ3n) is 0.404. The van der Waals surface area contributed by atoms with Crippen LogP contribution in [-0.2, 0) is 9.57 Å². The summed E-state index contributed by atoms with van der Waals surface area (Å²) in [6.45, 7) is 0.0266. The first-order valence-corrected chi connectivity index (χ1v) is 1.44. The van der Waals surface area contributed by atoms with Crippen LogP contribution in [0.4, 0.5) is 4.79 Å². The number of hydrogen-bond acceptors (Lipinski definition) is 3. The zero-order valence-electron chi connectivity index (χ0n) is 2.93. The molecule has 0 aromatic heterocycles. The van der Waals surface area contributed by atoms with E-state index >= 15 is 0 Å². The Morgan fingerprint density at radius 1 is 1.83 bits per heavy atom. The average Bonchev–Trinajstić information content (AvgIpc) is 1.86. The van der Waals surface area contributed by atoms with Crippen LogP contribution in [0.2, 0.25) is 0 Å². The van der Waals surface area contributed by atoms with Crippen LogP contribution in [-0.4, -0.2) is 12.9 Å². The maximum Gasteiger partial charge on any atom is 0.433 e. The molecule has 0 unspecified atom stereocenters. The van der Waals surface area contributed by atoms with E-state index in [2.05, 4.69) is 9.57 Å². The number of cyclic esters (lactones) is 1. The molecule has 6 heavy (non-hydrogen) atoms. The van der Waals surface area contributed by atoms with E-state index in [9.17, 15) is 4.79 Å². The van der Waals surface area contributed by atoms with Gasteiger partial charge >= 0.3 is 6.09 Å². The summed E-state index contributed by atoms with van der Waals surface area (Å²) in [5, 5.41) is 0. The molecule has 34 valence electrons. The van der Waals surface area contributed by atoms with Gasteiger partial charge in [0, 0.05) is 0 Å². The van der Waals surface area contributed by atoms with Gasteiger partial charge < -0.3 is 4.74 Å². The molecule has 1 saturated heterocycles. The molecule has 1 aliphatic heterocycles. The highest BCUT2D eigenvalue weighted by Gasteiger charge is 2.06. The summed E-state index contributed by atoms with van der Waals surface area (Å²) in [6.07, 6.45) is -0.519. The van der Waals surface area contributed by atoms with Gasteiger partial charge in [-0.15, -0.1) is 0 Å². The van der Waals surface area contributed by atoms with Crippen LogP contribution in [0.1, 0.15) is 0 Å². The largest absolute Gasteiger partial charge is 0.433 e. The van der Waals surface area contributed by atoms with Crippen molar-refractivity contribution in [1.29, 1.82) is 0 Å². The van der Waals surface area contributed by atoms with E-state index in [-0.39, 0.29) is 6.79 Å². The Hall–Kier alpha value is -0.770. The van der Waals surface area contributed by atoms with Gasteiger partial charge in [-0.2, -0.15) is 5.48 Å². The van der Waals surface area contributed by atoms with Gasteiger partial charge in [0.2, 0.25) is 6.79 Å². The molecule has 0 aliphatic carbocycles. The van der Waals surface area contributed by atoms with Gasteiger partial charge in [0.25, 0.3) is 0 Å². The van der Waals surface area contributed by atoms with Crippen molar-refractivity contribution >= 4 is 6.09 Å². The second-order valence-corrected chi connectivity index (χ2v) is 0.796. The van der Waals surface area contributed by atoms with Crippen LogP contribution in [0.3, 0.4) is 0 Å². The number of nitrogens with one attached hydrogen (secondary N) is 1. The van der Waals surface area contributed by atoms with Crippen molar-refractivity contribution in [3.05, 3.63) is 0 Å². The van der Waals surface area contributed by atoms with E-state index in [1.54, 1.807) is 0 Å². The molecule has 0 atom stereocenters. The number of ether oxygens (including phenoxy) is 1. The van der Waals surface area contributed by atoms with Gasteiger partial charge in [0.15, 0.2) is 0 Å². The van der Waals surface area contributed by atoms with E-state index in [4.69, 9.17) is 0 Å². The lowest BCUT2D eigenvalue weighted by Crippen LogP contribution is -2.09. The number of carbonyl (C=O) groups excluding carboxylic acids is 1. The molecule has 1 amide bonds. The lowest BCUT2D eigenvalue weighted by Gasteiger charge is -1.75. The topological polar surface area (TPSA) is 47.6 Å². The highest BCUT2D eigenvalue weighted by molar-refractivity contribution is 5.66. The first kappa shape index (κ1) is 3.42. The molecule has 1 rings (SSSR count). The molecule has 1 heterocycles. The summed E-state index contributed by atoms with van der Waals surface area (Å²) in [4.78, 5) is 14.0. The Kier molecular flexibility index (Phi) is 0.648. The summed E-state index contributed by atoms with van der Waals surface area (Å²) in [7, 11) is 0. The predicted molar refractivity (Wildman–Crippen MR) is 15.6 cm³/mol. The Morgan fingerprint density at radius 2 is 2.67 bits per heavy atom. The van der Waals surface area contributed by atoms with Crippen LogP contribution in [0.25, 0.3) is 0 Å². The molecule has 1 fully saturated rings.